The monoisotopic (exact) mass is 511 g/mol. The number of rotatable bonds is 4. The molecule has 5 rings (SSSR count). The maximum Gasteiger partial charge on any atom is 0.407 e. The quantitative estimate of drug-likeness (QED) is 0.542. The van der Waals surface area contributed by atoms with Crippen LogP contribution in [0.2, 0.25) is 0 Å². The van der Waals surface area contributed by atoms with Crippen LogP contribution in [0.25, 0.3) is 11.0 Å². The second kappa shape index (κ2) is 8.92. The summed E-state index contributed by atoms with van der Waals surface area (Å²) in [7, 11) is 1.71. The van der Waals surface area contributed by atoms with E-state index in [1.807, 2.05) is 18.2 Å². The molecule has 0 bridgehead atoms. The minimum absolute atomic E-state index is 0.0873. The van der Waals surface area contributed by atoms with Crippen molar-refractivity contribution < 1.29 is 19.5 Å². The van der Waals surface area contributed by atoms with Crippen molar-refractivity contribution in [3.8, 4) is 0 Å². The van der Waals surface area contributed by atoms with Gasteiger partial charge in [0.15, 0.2) is 0 Å². The van der Waals surface area contributed by atoms with Gasteiger partial charge in [-0.25, -0.2) is 9.59 Å². The molecule has 3 heterocycles. The normalized spacial score (nSPS) is 25.7. The minimum Gasteiger partial charge on any atom is -0.465 e. The summed E-state index contributed by atoms with van der Waals surface area (Å²) in [5.74, 6) is 0.142. The average Bonchev–Trinajstić information content (AvgIpc) is 3.06. The summed E-state index contributed by atoms with van der Waals surface area (Å²) >= 11 is 0. The lowest BCUT2D eigenvalue weighted by Crippen LogP contribution is -2.60. The Morgan fingerprint density at radius 2 is 1.89 bits per heavy atom. The zero-order valence-electron chi connectivity index (χ0n) is 22.0. The molecule has 3 unspecified atom stereocenters. The third-order valence-corrected chi connectivity index (χ3v) is 8.94. The van der Waals surface area contributed by atoms with E-state index >= 15 is 0 Å². The lowest BCUT2D eigenvalue weighted by atomic mass is 9.44. The van der Waals surface area contributed by atoms with Gasteiger partial charge in [-0.05, 0) is 60.5 Å². The fraction of sp³-hybridized carbons (Fsp3) is 0.630. The number of hydrogen-bond donors (Lipinski definition) is 3. The number of nitrogens with zero attached hydrogens (tertiary/aromatic N) is 3. The van der Waals surface area contributed by atoms with Gasteiger partial charge in [0.05, 0.1) is 16.7 Å². The summed E-state index contributed by atoms with van der Waals surface area (Å²) in [4.78, 5) is 50.3. The standard InChI is InChI=1S/C27H37N5O5/c1-26(2,3)22-16(14-27(22)10-12-31(13-11-27)25(36)37)15-28-17-6-5-7-18-21(17)30(4)24(35)32(18)19-8-9-20(33)29-23(19)34/h5-7,16,19,22,28H,8-15H2,1-4H3,(H,36,37)(H,29,33,34). The number of piperidine rings is 2. The number of nitrogens with one attached hydrogen (secondary N) is 2. The van der Waals surface area contributed by atoms with Crippen molar-refractivity contribution in [1.82, 2.24) is 19.4 Å². The molecule has 2 aromatic rings. The van der Waals surface area contributed by atoms with Crippen molar-refractivity contribution in [2.24, 2.45) is 29.7 Å². The molecule has 2 saturated heterocycles. The highest BCUT2D eigenvalue weighted by molar-refractivity contribution is 6.00. The van der Waals surface area contributed by atoms with Gasteiger partial charge in [0.1, 0.15) is 6.04 Å². The number of benzene rings is 1. The number of imide groups is 1. The number of fused-ring (bicyclic) bond motifs is 1. The number of aromatic nitrogens is 2. The molecule has 3 atom stereocenters. The SMILES string of the molecule is Cn1c(=O)n(C2CCC(=O)NC2=O)c2cccc(NCC3CC4(CCN(C(=O)O)CC4)C3C(C)(C)C)c21. The topological polar surface area (TPSA) is 126 Å². The maximum atomic E-state index is 13.2. The summed E-state index contributed by atoms with van der Waals surface area (Å²) < 4.78 is 3.08. The van der Waals surface area contributed by atoms with Crippen molar-refractivity contribution in [2.75, 3.05) is 25.0 Å². The van der Waals surface area contributed by atoms with Gasteiger partial charge in [0.25, 0.3) is 0 Å². The number of carbonyl (C=O) groups is 3. The number of imidazole rings is 1. The lowest BCUT2D eigenvalue weighted by Gasteiger charge is -2.63. The Bertz CT molecular complexity index is 1310. The van der Waals surface area contributed by atoms with Crippen LogP contribution in [-0.2, 0) is 16.6 Å². The van der Waals surface area contributed by atoms with Crippen LogP contribution in [0.5, 0.6) is 0 Å². The highest BCUT2D eigenvalue weighted by atomic mass is 16.4. The molecule has 0 radical (unpaired) electrons. The predicted molar refractivity (Wildman–Crippen MR) is 139 cm³/mol. The number of carboxylic acid groups (broad SMARTS) is 1. The highest BCUT2D eigenvalue weighted by Crippen LogP contribution is 2.63. The van der Waals surface area contributed by atoms with E-state index < -0.39 is 18.0 Å². The summed E-state index contributed by atoms with van der Waals surface area (Å²) in [5.41, 5.74) is 2.24. The number of hydrogen-bond acceptors (Lipinski definition) is 5. The van der Waals surface area contributed by atoms with E-state index in [9.17, 15) is 24.3 Å². The fourth-order valence-electron chi connectivity index (χ4n) is 7.63. The van der Waals surface area contributed by atoms with Crippen LogP contribution in [0.1, 0.15) is 58.9 Å². The van der Waals surface area contributed by atoms with E-state index in [-0.39, 0.29) is 28.8 Å². The lowest BCUT2D eigenvalue weighted by molar-refractivity contribution is -0.135. The number of amides is 3. The average molecular weight is 512 g/mol. The molecule has 1 aromatic heterocycles. The van der Waals surface area contributed by atoms with E-state index in [0.29, 0.717) is 36.9 Å². The zero-order valence-corrected chi connectivity index (χ0v) is 22.0. The van der Waals surface area contributed by atoms with E-state index in [0.717, 1.165) is 37.0 Å². The number of aryl methyl sites for hydroxylation is 1. The third kappa shape index (κ3) is 4.20. The van der Waals surface area contributed by atoms with Gasteiger partial charge in [0.2, 0.25) is 11.8 Å². The molecule has 3 N–H and O–H groups in total. The van der Waals surface area contributed by atoms with Gasteiger partial charge in [0, 0.05) is 33.1 Å². The van der Waals surface area contributed by atoms with E-state index in [1.165, 1.54) is 9.47 Å². The molecule has 1 aliphatic carbocycles. The first-order chi connectivity index (χ1) is 17.4. The molecule has 1 saturated carbocycles. The Kier molecular flexibility index (Phi) is 6.11. The number of carbonyl (C=O) groups excluding carboxylic acids is 2. The molecule has 200 valence electrons. The van der Waals surface area contributed by atoms with E-state index in [4.69, 9.17) is 0 Å². The van der Waals surface area contributed by atoms with Gasteiger partial charge in [-0.2, -0.15) is 0 Å². The van der Waals surface area contributed by atoms with Crippen molar-refractivity contribution in [2.45, 2.75) is 58.9 Å². The summed E-state index contributed by atoms with van der Waals surface area (Å²) in [5, 5.41) is 15.3. The zero-order chi connectivity index (χ0) is 26.7. The second-order valence-electron chi connectivity index (χ2n) is 12.2. The van der Waals surface area contributed by atoms with Crippen LogP contribution in [-0.4, -0.2) is 56.7 Å². The van der Waals surface area contributed by atoms with Crippen LogP contribution in [0.3, 0.4) is 0 Å². The first-order valence-electron chi connectivity index (χ1n) is 13.2. The van der Waals surface area contributed by atoms with E-state index in [1.54, 1.807) is 11.6 Å². The number of anilines is 1. The first kappa shape index (κ1) is 25.4. The molecule has 37 heavy (non-hydrogen) atoms. The Morgan fingerprint density at radius 3 is 2.51 bits per heavy atom. The molecule has 1 spiro atoms. The summed E-state index contributed by atoms with van der Waals surface area (Å²) in [6.45, 7) is 8.77. The second-order valence-corrected chi connectivity index (χ2v) is 12.2. The molecule has 3 aliphatic rings. The predicted octanol–water partition coefficient (Wildman–Crippen LogP) is 3.17. The van der Waals surface area contributed by atoms with Crippen molar-refractivity contribution in [3.63, 3.8) is 0 Å². The van der Waals surface area contributed by atoms with Crippen LogP contribution < -0.4 is 16.3 Å². The Balaban J connectivity index is 1.38. The van der Waals surface area contributed by atoms with Gasteiger partial charge in [-0.15, -0.1) is 0 Å². The molecular formula is C27H37N5O5. The molecule has 3 amide bonds. The van der Waals surface area contributed by atoms with Crippen LogP contribution >= 0.6 is 0 Å². The van der Waals surface area contributed by atoms with E-state index in [2.05, 4.69) is 31.4 Å². The molecular weight excluding hydrogens is 474 g/mol. The molecule has 10 heteroatoms. The summed E-state index contributed by atoms with van der Waals surface area (Å²) in [6.07, 6.45) is 2.54. The highest BCUT2D eigenvalue weighted by Gasteiger charge is 2.58. The van der Waals surface area contributed by atoms with Crippen LogP contribution in [0, 0.1) is 22.7 Å². The van der Waals surface area contributed by atoms with Gasteiger partial charge in [-0.1, -0.05) is 26.8 Å². The van der Waals surface area contributed by atoms with Gasteiger partial charge in [-0.3, -0.25) is 24.0 Å². The van der Waals surface area contributed by atoms with Gasteiger partial charge >= 0.3 is 11.8 Å². The van der Waals surface area contributed by atoms with Crippen LogP contribution in [0.4, 0.5) is 10.5 Å². The fourth-order valence-corrected chi connectivity index (χ4v) is 7.63. The molecule has 3 fully saturated rings. The van der Waals surface area contributed by atoms with Crippen molar-refractivity contribution >= 4 is 34.6 Å². The number of para-hydroxylation sites is 1. The number of likely N-dealkylation sites (tertiary alicyclic amines) is 1. The largest absolute Gasteiger partial charge is 0.465 e. The third-order valence-electron chi connectivity index (χ3n) is 8.94. The first-order valence-corrected chi connectivity index (χ1v) is 13.2. The van der Waals surface area contributed by atoms with Crippen molar-refractivity contribution in [1.29, 1.82) is 0 Å². The minimum atomic E-state index is -0.831. The summed E-state index contributed by atoms with van der Waals surface area (Å²) in [6, 6.07) is 4.98. The Labute approximate surface area is 216 Å². The maximum absolute atomic E-state index is 13.2. The molecule has 1 aromatic carbocycles. The molecule has 10 nitrogen and oxygen atoms in total. The van der Waals surface area contributed by atoms with Crippen LogP contribution in [0.15, 0.2) is 23.0 Å². The Hall–Kier alpha value is -3.30. The van der Waals surface area contributed by atoms with Crippen molar-refractivity contribution in [3.05, 3.63) is 28.7 Å². The smallest absolute Gasteiger partial charge is 0.407 e. The molecule has 2 aliphatic heterocycles. The van der Waals surface area contributed by atoms with Gasteiger partial charge < -0.3 is 15.3 Å². The Morgan fingerprint density at radius 1 is 1.19 bits per heavy atom.